The molecule has 0 radical (unpaired) electrons. The molecule has 4 amide bonds. The number of anilines is 1. The number of H-pyrrole nitrogens is 1. The summed E-state index contributed by atoms with van der Waals surface area (Å²) in [6.45, 7) is -0.468. The Morgan fingerprint density at radius 2 is 1.80 bits per heavy atom. The first-order chi connectivity index (χ1) is 14.3. The molecule has 2 heterocycles. The van der Waals surface area contributed by atoms with Crippen molar-refractivity contribution in [3.63, 3.8) is 0 Å². The molecule has 1 unspecified atom stereocenters. The van der Waals surface area contributed by atoms with Gasteiger partial charge in [-0.3, -0.25) is 14.5 Å². The van der Waals surface area contributed by atoms with Crippen molar-refractivity contribution >= 4 is 69.2 Å². The average molecular weight is 466 g/mol. The standard InChI is InChI=1S/C20H15Cl3N4O3/c21-11-6-13(22)18(14(23)7-11)26-17(28)9-27-19(29)16(25-20(27)30)5-10-8-24-15-4-2-1-3-12(10)15/h1-4,6-8,16,24H,5,9H2,(H,25,30)(H,26,28). The Bertz CT molecular complexity index is 1150. The zero-order valence-electron chi connectivity index (χ0n) is 15.3. The number of para-hydroxylation sites is 1. The number of benzene rings is 2. The Morgan fingerprint density at radius 3 is 2.53 bits per heavy atom. The quantitative estimate of drug-likeness (QED) is 0.492. The molecule has 3 N–H and O–H groups in total. The lowest BCUT2D eigenvalue weighted by molar-refractivity contribution is -0.130. The highest BCUT2D eigenvalue weighted by Gasteiger charge is 2.39. The number of fused-ring (bicyclic) bond motifs is 1. The van der Waals surface area contributed by atoms with Gasteiger partial charge in [0.05, 0.1) is 15.7 Å². The second-order valence-electron chi connectivity index (χ2n) is 6.78. The van der Waals surface area contributed by atoms with Crippen LogP contribution in [-0.2, 0) is 16.0 Å². The summed E-state index contributed by atoms with van der Waals surface area (Å²) in [4.78, 5) is 41.4. The predicted molar refractivity (Wildman–Crippen MR) is 116 cm³/mol. The van der Waals surface area contributed by atoms with Crippen LogP contribution in [0.1, 0.15) is 5.56 Å². The molecule has 1 aromatic heterocycles. The second kappa shape index (κ2) is 8.18. The maximum Gasteiger partial charge on any atom is 0.325 e. The summed E-state index contributed by atoms with van der Waals surface area (Å²) in [5, 5.41) is 6.74. The van der Waals surface area contributed by atoms with Crippen LogP contribution in [0.25, 0.3) is 10.9 Å². The van der Waals surface area contributed by atoms with Crippen LogP contribution in [0, 0.1) is 0 Å². The molecule has 2 aromatic carbocycles. The minimum absolute atomic E-state index is 0.148. The SMILES string of the molecule is O=C(CN1C(=O)NC(Cc2c[nH]c3ccccc23)C1=O)Nc1c(Cl)cc(Cl)cc1Cl. The minimum atomic E-state index is -0.757. The Hall–Kier alpha value is -2.74. The number of aromatic amines is 1. The summed E-state index contributed by atoms with van der Waals surface area (Å²) in [6.07, 6.45) is 2.12. The number of halogens is 3. The van der Waals surface area contributed by atoms with Crippen LogP contribution < -0.4 is 10.6 Å². The van der Waals surface area contributed by atoms with Gasteiger partial charge in [0.15, 0.2) is 0 Å². The Kier molecular flexibility index (Phi) is 5.60. The van der Waals surface area contributed by atoms with Gasteiger partial charge in [-0.15, -0.1) is 0 Å². The molecule has 0 saturated carbocycles. The number of carbonyl (C=O) groups excluding carboxylic acids is 3. The van der Waals surface area contributed by atoms with E-state index < -0.39 is 30.4 Å². The summed E-state index contributed by atoms with van der Waals surface area (Å²) >= 11 is 18.0. The first-order valence-electron chi connectivity index (χ1n) is 8.94. The smallest absolute Gasteiger partial charge is 0.325 e. The van der Waals surface area contributed by atoms with Gasteiger partial charge in [-0.2, -0.15) is 0 Å². The van der Waals surface area contributed by atoms with E-state index >= 15 is 0 Å². The van der Waals surface area contributed by atoms with Gasteiger partial charge in [-0.1, -0.05) is 53.0 Å². The van der Waals surface area contributed by atoms with Gasteiger partial charge in [0, 0.05) is 28.5 Å². The number of amides is 4. The molecule has 154 valence electrons. The summed E-state index contributed by atoms with van der Waals surface area (Å²) in [7, 11) is 0. The van der Waals surface area contributed by atoms with Gasteiger partial charge in [0.25, 0.3) is 5.91 Å². The molecule has 1 atom stereocenters. The third kappa shape index (κ3) is 3.96. The average Bonchev–Trinajstić information content (AvgIpc) is 3.21. The normalized spacial score (nSPS) is 16.2. The maximum absolute atomic E-state index is 12.7. The van der Waals surface area contributed by atoms with Gasteiger partial charge in [0.1, 0.15) is 12.6 Å². The highest BCUT2D eigenvalue weighted by Crippen LogP contribution is 2.33. The summed E-state index contributed by atoms with van der Waals surface area (Å²) in [5.74, 6) is -1.09. The van der Waals surface area contributed by atoms with Crippen LogP contribution in [-0.4, -0.2) is 40.3 Å². The molecule has 1 fully saturated rings. The highest BCUT2D eigenvalue weighted by atomic mass is 35.5. The van der Waals surface area contributed by atoms with E-state index in [1.54, 1.807) is 0 Å². The number of rotatable bonds is 5. The lowest BCUT2D eigenvalue weighted by Crippen LogP contribution is -2.38. The van der Waals surface area contributed by atoms with Crippen molar-refractivity contribution in [2.24, 2.45) is 0 Å². The Balaban J connectivity index is 1.45. The van der Waals surface area contributed by atoms with Crippen LogP contribution in [0.15, 0.2) is 42.6 Å². The van der Waals surface area contributed by atoms with Crippen LogP contribution in [0.3, 0.4) is 0 Å². The van der Waals surface area contributed by atoms with Crippen molar-refractivity contribution in [1.82, 2.24) is 15.2 Å². The van der Waals surface area contributed by atoms with Crippen molar-refractivity contribution in [2.75, 3.05) is 11.9 Å². The van der Waals surface area contributed by atoms with E-state index in [4.69, 9.17) is 34.8 Å². The molecular formula is C20H15Cl3N4O3. The summed E-state index contributed by atoms with van der Waals surface area (Å²) < 4.78 is 0. The minimum Gasteiger partial charge on any atom is -0.361 e. The van der Waals surface area contributed by atoms with Gasteiger partial charge in [-0.25, -0.2) is 4.79 Å². The number of imide groups is 1. The van der Waals surface area contributed by atoms with Crippen molar-refractivity contribution in [3.05, 3.63) is 63.2 Å². The molecule has 7 nitrogen and oxygen atoms in total. The number of urea groups is 1. The van der Waals surface area contributed by atoms with E-state index in [1.165, 1.54) is 12.1 Å². The van der Waals surface area contributed by atoms with Crippen LogP contribution in [0.5, 0.6) is 0 Å². The molecule has 10 heteroatoms. The molecule has 0 aliphatic carbocycles. The predicted octanol–water partition coefficient (Wildman–Crippen LogP) is 4.23. The fourth-order valence-electron chi connectivity index (χ4n) is 3.37. The van der Waals surface area contributed by atoms with Crippen LogP contribution in [0.4, 0.5) is 10.5 Å². The van der Waals surface area contributed by atoms with Crippen molar-refractivity contribution in [3.8, 4) is 0 Å². The van der Waals surface area contributed by atoms with Gasteiger partial charge < -0.3 is 15.6 Å². The summed E-state index contributed by atoms with van der Waals surface area (Å²) in [5.41, 5.74) is 2.00. The van der Waals surface area contributed by atoms with Gasteiger partial charge in [-0.05, 0) is 23.8 Å². The number of hydrogen-bond acceptors (Lipinski definition) is 3. The first kappa shape index (κ1) is 20.5. The number of hydrogen-bond donors (Lipinski definition) is 3. The van der Waals surface area contributed by atoms with E-state index in [2.05, 4.69) is 15.6 Å². The zero-order chi connectivity index (χ0) is 21.4. The third-order valence-electron chi connectivity index (χ3n) is 4.78. The van der Waals surface area contributed by atoms with Crippen molar-refractivity contribution in [2.45, 2.75) is 12.5 Å². The van der Waals surface area contributed by atoms with Crippen molar-refractivity contribution in [1.29, 1.82) is 0 Å². The molecule has 0 bridgehead atoms. The molecule has 3 aromatic rings. The highest BCUT2D eigenvalue weighted by molar-refractivity contribution is 6.42. The van der Waals surface area contributed by atoms with Gasteiger partial charge >= 0.3 is 6.03 Å². The van der Waals surface area contributed by atoms with Gasteiger partial charge in [0.2, 0.25) is 5.91 Å². The molecule has 4 rings (SSSR count). The van der Waals surface area contributed by atoms with Crippen molar-refractivity contribution < 1.29 is 14.4 Å². The number of nitrogens with one attached hydrogen (secondary N) is 3. The number of aromatic nitrogens is 1. The lowest BCUT2D eigenvalue weighted by atomic mass is 10.1. The molecule has 1 saturated heterocycles. The number of nitrogens with zero attached hydrogens (tertiary/aromatic N) is 1. The zero-order valence-corrected chi connectivity index (χ0v) is 17.6. The fourth-order valence-corrected chi connectivity index (χ4v) is 4.28. The molecule has 0 spiro atoms. The largest absolute Gasteiger partial charge is 0.361 e. The van der Waals surface area contributed by atoms with E-state index in [9.17, 15) is 14.4 Å². The first-order valence-corrected chi connectivity index (χ1v) is 10.1. The Morgan fingerprint density at radius 1 is 1.10 bits per heavy atom. The van der Waals surface area contributed by atoms with E-state index in [0.29, 0.717) is 11.4 Å². The Labute approximate surface area is 186 Å². The summed E-state index contributed by atoms with van der Waals surface area (Å²) in [6, 6.07) is 9.14. The lowest BCUT2D eigenvalue weighted by Gasteiger charge is -2.14. The topological polar surface area (TPSA) is 94.3 Å². The molecule has 30 heavy (non-hydrogen) atoms. The monoisotopic (exact) mass is 464 g/mol. The van der Waals surface area contributed by atoms with E-state index in [-0.39, 0.29) is 15.7 Å². The molecule has 1 aliphatic rings. The molecule has 1 aliphatic heterocycles. The van der Waals surface area contributed by atoms with E-state index in [1.807, 2.05) is 30.5 Å². The fraction of sp³-hybridized carbons (Fsp3) is 0.150. The molecular weight excluding hydrogens is 451 g/mol. The maximum atomic E-state index is 12.7. The van der Waals surface area contributed by atoms with Crippen LogP contribution in [0.2, 0.25) is 15.1 Å². The van der Waals surface area contributed by atoms with Crippen LogP contribution >= 0.6 is 34.8 Å². The van der Waals surface area contributed by atoms with E-state index in [0.717, 1.165) is 21.4 Å². The number of carbonyl (C=O) groups is 3. The second-order valence-corrected chi connectivity index (χ2v) is 8.03. The third-order valence-corrected chi connectivity index (χ3v) is 5.59.